The van der Waals surface area contributed by atoms with Gasteiger partial charge in [-0.1, -0.05) is 12.1 Å². The van der Waals surface area contributed by atoms with Crippen molar-refractivity contribution < 1.29 is 27.9 Å². The molecule has 0 aliphatic carbocycles. The standard InChI is InChI=1S/C26H22FNO5/c1-3-32-18-11-8-16(9-12-18)25(30)26-24(19-6-4-5-7-22(19)33-26)28-15-21(29)17-10-13-23(31-2)20(27)14-17/h4-14,28H,3,15H2,1-2H3. The SMILES string of the molecule is CCOc1ccc(C(=O)c2oc3ccccc3c2NCC(=O)c2ccc(OC)c(F)c2)cc1. The number of benzene rings is 3. The van der Waals surface area contributed by atoms with E-state index in [1.807, 2.05) is 13.0 Å². The molecule has 3 aromatic carbocycles. The number of hydrogen-bond acceptors (Lipinski definition) is 6. The first-order valence-corrected chi connectivity index (χ1v) is 10.4. The van der Waals surface area contributed by atoms with Gasteiger partial charge in [0, 0.05) is 16.5 Å². The van der Waals surface area contributed by atoms with Crippen LogP contribution in [0.3, 0.4) is 0 Å². The molecule has 0 aliphatic rings. The average molecular weight is 447 g/mol. The number of ketones is 2. The minimum atomic E-state index is -0.622. The summed E-state index contributed by atoms with van der Waals surface area (Å²) in [5.41, 5.74) is 1.53. The van der Waals surface area contributed by atoms with Gasteiger partial charge in [-0.05, 0) is 61.5 Å². The van der Waals surface area contributed by atoms with Gasteiger partial charge < -0.3 is 19.2 Å². The van der Waals surface area contributed by atoms with E-state index in [-0.39, 0.29) is 35.2 Å². The third kappa shape index (κ3) is 4.57. The molecule has 33 heavy (non-hydrogen) atoms. The number of carbonyl (C=O) groups is 2. The summed E-state index contributed by atoms with van der Waals surface area (Å²) in [5, 5.41) is 3.69. The molecule has 6 nitrogen and oxygen atoms in total. The number of anilines is 1. The average Bonchev–Trinajstić information content (AvgIpc) is 3.21. The molecule has 0 saturated carbocycles. The molecule has 0 radical (unpaired) electrons. The Balaban J connectivity index is 1.62. The van der Waals surface area contributed by atoms with Crippen LogP contribution in [0.2, 0.25) is 0 Å². The first-order chi connectivity index (χ1) is 16.0. The second-order valence-corrected chi connectivity index (χ2v) is 7.21. The summed E-state index contributed by atoms with van der Waals surface area (Å²) >= 11 is 0. The summed E-state index contributed by atoms with van der Waals surface area (Å²) in [7, 11) is 1.36. The molecule has 1 heterocycles. The Hall–Kier alpha value is -4.13. The number of carbonyl (C=O) groups excluding carboxylic acids is 2. The van der Waals surface area contributed by atoms with E-state index in [0.29, 0.717) is 34.6 Å². The van der Waals surface area contributed by atoms with E-state index < -0.39 is 5.82 Å². The smallest absolute Gasteiger partial charge is 0.230 e. The molecule has 0 atom stereocenters. The predicted molar refractivity (Wildman–Crippen MR) is 123 cm³/mol. The molecule has 0 aliphatic heterocycles. The molecule has 0 saturated heterocycles. The normalized spacial score (nSPS) is 10.8. The van der Waals surface area contributed by atoms with Crippen molar-refractivity contribution in [1.29, 1.82) is 0 Å². The maximum atomic E-state index is 14.0. The maximum Gasteiger partial charge on any atom is 0.230 e. The van der Waals surface area contributed by atoms with E-state index >= 15 is 0 Å². The lowest BCUT2D eigenvalue weighted by Crippen LogP contribution is -2.16. The number of para-hydroxylation sites is 1. The van der Waals surface area contributed by atoms with Gasteiger partial charge in [0.05, 0.1) is 25.9 Å². The zero-order valence-electron chi connectivity index (χ0n) is 18.2. The highest BCUT2D eigenvalue weighted by atomic mass is 19.1. The van der Waals surface area contributed by atoms with Gasteiger partial charge in [-0.2, -0.15) is 0 Å². The van der Waals surface area contributed by atoms with Crippen molar-refractivity contribution in [3.8, 4) is 11.5 Å². The number of halogens is 1. The lowest BCUT2D eigenvalue weighted by Gasteiger charge is -2.08. The molecule has 1 aromatic heterocycles. The second-order valence-electron chi connectivity index (χ2n) is 7.21. The Morgan fingerprint density at radius 1 is 1.00 bits per heavy atom. The molecule has 1 N–H and O–H groups in total. The zero-order valence-corrected chi connectivity index (χ0v) is 18.2. The van der Waals surface area contributed by atoms with Crippen molar-refractivity contribution >= 4 is 28.2 Å². The third-order valence-electron chi connectivity index (χ3n) is 5.13. The van der Waals surface area contributed by atoms with Gasteiger partial charge >= 0.3 is 0 Å². The summed E-state index contributed by atoms with van der Waals surface area (Å²) in [6.45, 7) is 2.25. The van der Waals surface area contributed by atoms with Crippen molar-refractivity contribution in [2.75, 3.05) is 25.6 Å². The lowest BCUT2D eigenvalue weighted by atomic mass is 10.1. The first kappa shape index (κ1) is 22.1. The van der Waals surface area contributed by atoms with Crippen LogP contribution < -0.4 is 14.8 Å². The van der Waals surface area contributed by atoms with Gasteiger partial charge in [0.2, 0.25) is 5.78 Å². The Kier molecular flexibility index (Phi) is 6.40. The molecule has 0 bridgehead atoms. The summed E-state index contributed by atoms with van der Waals surface area (Å²) in [5.74, 6) is -0.489. The lowest BCUT2D eigenvalue weighted by molar-refractivity contribution is 0.0997. The van der Waals surface area contributed by atoms with Crippen LogP contribution in [0.25, 0.3) is 11.0 Å². The third-order valence-corrected chi connectivity index (χ3v) is 5.13. The van der Waals surface area contributed by atoms with Crippen LogP contribution in [0, 0.1) is 5.82 Å². The second kappa shape index (κ2) is 9.56. The van der Waals surface area contributed by atoms with E-state index in [4.69, 9.17) is 13.9 Å². The molecule has 0 fully saturated rings. The highest BCUT2D eigenvalue weighted by Crippen LogP contribution is 2.33. The molecule has 168 valence electrons. The molecule has 0 amide bonds. The Morgan fingerprint density at radius 2 is 1.73 bits per heavy atom. The number of furan rings is 1. The fourth-order valence-corrected chi connectivity index (χ4v) is 3.49. The summed E-state index contributed by atoms with van der Waals surface area (Å²) in [6.07, 6.45) is 0. The Morgan fingerprint density at radius 3 is 2.42 bits per heavy atom. The van der Waals surface area contributed by atoms with Crippen LogP contribution in [-0.2, 0) is 0 Å². The van der Waals surface area contributed by atoms with E-state index in [1.54, 1.807) is 42.5 Å². The zero-order chi connectivity index (χ0) is 23.4. The first-order valence-electron chi connectivity index (χ1n) is 10.4. The molecule has 7 heteroatoms. The molecular weight excluding hydrogens is 425 g/mol. The van der Waals surface area contributed by atoms with Gasteiger partial charge in [0.25, 0.3) is 0 Å². The number of Topliss-reactive ketones (excluding diaryl/α,β-unsaturated/α-hetero) is 1. The highest BCUT2D eigenvalue weighted by molar-refractivity contribution is 6.15. The van der Waals surface area contributed by atoms with E-state index in [2.05, 4.69) is 5.32 Å². The molecule has 4 rings (SSSR count). The minimum absolute atomic E-state index is 0.0589. The van der Waals surface area contributed by atoms with E-state index in [0.717, 1.165) is 6.07 Å². The van der Waals surface area contributed by atoms with Crippen LogP contribution in [0.15, 0.2) is 71.1 Å². The van der Waals surface area contributed by atoms with Crippen LogP contribution in [0.1, 0.15) is 33.4 Å². The highest BCUT2D eigenvalue weighted by Gasteiger charge is 2.23. The largest absolute Gasteiger partial charge is 0.494 e. The van der Waals surface area contributed by atoms with Gasteiger partial charge in [-0.15, -0.1) is 0 Å². The maximum absolute atomic E-state index is 14.0. The van der Waals surface area contributed by atoms with E-state index in [1.165, 1.54) is 19.2 Å². The van der Waals surface area contributed by atoms with Crippen molar-refractivity contribution in [3.63, 3.8) is 0 Å². The quantitative estimate of drug-likeness (QED) is 0.341. The summed E-state index contributed by atoms with van der Waals surface area (Å²) < 4.78 is 30.2. The number of fused-ring (bicyclic) bond motifs is 1. The van der Waals surface area contributed by atoms with Crippen molar-refractivity contribution in [2.45, 2.75) is 6.92 Å². The number of rotatable bonds is 9. The molecule has 4 aromatic rings. The summed E-state index contributed by atoms with van der Waals surface area (Å²) in [6, 6.07) is 17.9. The Labute approximate surface area is 189 Å². The van der Waals surface area contributed by atoms with Crippen LogP contribution in [-0.4, -0.2) is 31.8 Å². The molecule has 0 spiro atoms. The number of methoxy groups -OCH3 is 1. The predicted octanol–water partition coefficient (Wildman–Crippen LogP) is 5.51. The van der Waals surface area contributed by atoms with Crippen LogP contribution in [0.5, 0.6) is 11.5 Å². The summed E-state index contributed by atoms with van der Waals surface area (Å²) in [4.78, 5) is 25.9. The van der Waals surface area contributed by atoms with Crippen LogP contribution in [0.4, 0.5) is 10.1 Å². The van der Waals surface area contributed by atoms with Gasteiger partial charge in [0.1, 0.15) is 11.3 Å². The van der Waals surface area contributed by atoms with Crippen molar-refractivity contribution in [2.24, 2.45) is 0 Å². The number of ether oxygens (including phenoxy) is 2. The minimum Gasteiger partial charge on any atom is -0.494 e. The van der Waals surface area contributed by atoms with Crippen molar-refractivity contribution in [3.05, 3.63) is 89.4 Å². The van der Waals surface area contributed by atoms with E-state index in [9.17, 15) is 14.0 Å². The molecular formula is C26H22FNO5. The van der Waals surface area contributed by atoms with Crippen molar-refractivity contribution in [1.82, 2.24) is 0 Å². The Bertz CT molecular complexity index is 1310. The van der Waals surface area contributed by atoms with Crippen LogP contribution >= 0.6 is 0 Å². The fourth-order valence-electron chi connectivity index (χ4n) is 3.49. The monoisotopic (exact) mass is 447 g/mol. The van der Waals surface area contributed by atoms with Gasteiger partial charge in [-0.3, -0.25) is 9.59 Å². The topological polar surface area (TPSA) is 77.8 Å². The number of nitrogens with one attached hydrogen (secondary N) is 1. The van der Waals surface area contributed by atoms with Gasteiger partial charge in [0.15, 0.2) is 23.1 Å². The number of hydrogen-bond donors (Lipinski definition) is 1. The molecule has 0 unspecified atom stereocenters. The fraction of sp³-hybridized carbons (Fsp3) is 0.154. The van der Waals surface area contributed by atoms with Gasteiger partial charge in [-0.25, -0.2) is 4.39 Å².